The lowest BCUT2D eigenvalue weighted by Crippen LogP contribution is -2.28. The summed E-state index contributed by atoms with van der Waals surface area (Å²) in [5, 5.41) is 9.21. The second kappa shape index (κ2) is 5.70. The summed E-state index contributed by atoms with van der Waals surface area (Å²) in [5.41, 5.74) is 4.81. The molecule has 70 valence electrons. The first kappa shape index (κ1) is 11.1. The summed E-state index contributed by atoms with van der Waals surface area (Å²) in [5.74, 6) is -0.625. The highest BCUT2D eigenvalue weighted by molar-refractivity contribution is 5.85. The molecule has 12 heavy (non-hydrogen) atoms. The Labute approximate surface area is 70.8 Å². The van der Waals surface area contributed by atoms with Gasteiger partial charge in [0.15, 0.2) is 6.29 Å². The summed E-state index contributed by atoms with van der Waals surface area (Å²) in [6, 6.07) is 0. The third-order valence-electron chi connectivity index (χ3n) is 1.20. The largest absolute Gasteiger partial charge is 0.384 e. The molecule has 0 aromatic carbocycles. The van der Waals surface area contributed by atoms with Crippen molar-refractivity contribution >= 4 is 5.91 Å². The Morgan fingerprint density at radius 1 is 1.50 bits per heavy atom. The maximum Gasteiger partial charge on any atom is 0.241 e. The van der Waals surface area contributed by atoms with Gasteiger partial charge in [0.25, 0.3) is 0 Å². The normalized spacial score (nSPS) is 14.0. The third-order valence-corrected chi connectivity index (χ3v) is 1.20. The average molecular weight is 175 g/mol. The standard InChI is InChI=1S/C7H13NO4/c1-11-7(12-2)5(9)3-4-6(8)10/h3-5,7,9H,1-2H3,(H2,8,10)/b4-3-/t5-/m0/s1. The van der Waals surface area contributed by atoms with Crippen LogP contribution in [-0.4, -0.2) is 37.6 Å². The molecule has 0 aromatic rings. The molecule has 0 radical (unpaired) electrons. The van der Waals surface area contributed by atoms with Crippen LogP contribution in [-0.2, 0) is 14.3 Å². The van der Waals surface area contributed by atoms with Crippen LogP contribution >= 0.6 is 0 Å². The van der Waals surface area contributed by atoms with E-state index in [1.54, 1.807) is 0 Å². The Balaban J connectivity index is 3.99. The summed E-state index contributed by atoms with van der Waals surface area (Å²) in [6.07, 6.45) is 0.489. The van der Waals surface area contributed by atoms with Gasteiger partial charge >= 0.3 is 0 Å². The predicted molar refractivity (Wildman–Crippen MR) is 42.1 cm³/mol. The van der Waals surface area contributed by atoms with Gasteiger partial charge in [0.1, 0.15) is 6.10 Å². The zero-order valence-electron chi connectivity index (χ0n) is 7.06. The molecule has 0 aliphatic rings. The summed E-state index contributed by atoms with van der Waals surface area (Å²) < 4.78 is 9.44. The van der Waals surface area contributed by atoms with Crippen molar-refractivity contribution in [2.75, 3.05) is 14.2 Å². The van der Waals surface area contributed by atoms with Gasteiger partial charge in [0.2, 0.25) is 5.91 Å². The molecule has 0 aliphatic heterocycles. The van der Waals surface area contributed by atoms with E-state index in [1.165, 1.54) is 20.3 Å². The monoisotopic (exact) mass is 175 g/mol. The first-order valence-electron chi connectivity index (χ1n) is 3.33. The van der Waals surface area contributed by atoms with Crippen LogP contribution in [0.25, 0.3) is 0 Å². The highest BCUT2D eigenvalue weighted by atomic mass is 16.7. The zero-order valence-corrected chi connectivity index (χ0v) is 7.06. The van der Waals surface area contributed by atoms with Gasteiger partial charge in [0, 0.05) is 20.3 Å². The molecule has 1 atom stereocenters. The first-order chi connectivity index (χ1) is 5.61. The van der Waals surface area contributed by atoms with Gasteiger partial charge in [-0.05, 0) is 6.08 Å². The number of hydrogen-bond donors (Lipinski definition) is 2. The number of aliphatic hydroxyl groups is 1. The number of carbonyl (C=O) groups is 1. The number of rotatable bonds is 5. The van der Waals surface area contributed by atoms with Crippen molar-refractivity contribution in [1.29, 1.82) is 0 Å². The number of ether oxygens (including phenoxy) is 2. The summed E-state index contributed by atoms with van der Waals surface area (Å²) in [6.45, 7) is 0. The molecule has 1 amide bonds. The van der Waals surface area contributed by atoms with Gasteiger partial charge in [-0.25, -0.2) is 0 Å². The van der Waals surface area contributed by atoms with Crippen LogP contribution in [0.15, 0.2) is 12.2 Å². The van der Waals surface area contributed by atoms with Gasteiger partial charge in [-0.2, -0.15) is 0 Å². The Bertz CT molecular complexity index is 165. The fraction of sp³-hybridized carbons (Fsp3) is 0.571. The lowest BCUT2D eigenvalue weighted by molar-refractivity contribution is -0.150. The van der Waals surface area contributed by atoms with Gasteiger partial charge in [-0.3, -0.25) is 4.79 Å². The molecule has 0 saturated heterocycles. The minimum absolute atomic E-state index is 0.625. The maximum atomic E-state index is 10.2. The fourth-order valence-electron chi connectivity index (χ4n) is 0.659. The smallest absolute Gasteiger partial charge is 0.241 e. The molecule has 0 fully saturated rings. The summed E-state index contributed by atoms with van der Waals surface area (Å²) >= 11 is 0. The molecule has 3 N–H and O–H groups in total. The second-order valence-electron chi connectivity index (χ2n) is 2.09. The molecule has 0 bridgehead atoms. The van der Waals surface area contributed by atoms with Crippen LogP contribution in [0.3, 0.4) is 0 Å². The van der Waals surface area contributed by atoms with E-state index in [0.717, 1.165) is 6.08 Å². The van der Waals surface area contributed by atoms with Crippen molar-refractivity contribution in [3.05, 3.63) is 12.2 Å². The Hall–Kier alpha value is -0.910. The zero-order chi connectivity index (χ0) is 9.56. The third kappa shape index (κ3) is 4.07. The number of carbonyl (C=O) groups excluding carboxylic acids is 1. The Morgan fingerprint density at radius 3 is 2.33 bits per heavy atom. The topological polar surface area (TPSA) is 81.8 Å². The number of hydrogen-bond acceptors (Lipinski definition) is 4. The lowest BCUT2D eigenvalue weighted by Gasteiger charge is -2.16. The van der Waals surface area contributed by atoms with E-state index < -0.39 is 18.3 Å². The van der Waals surface area contributed by atoms with Crippen molar-refractivity contribution in [3.63, 3.8) is 0 Å². The van der Waals surface area contributed by atoms with E-state index in [1.807, 2.05) is 0 Å². The van der Waals surface area contributed by atoms with Gasteiger partial charge in [0.05, 0.1) is 0 Å². The molecule has 0 saturated carbocycles. The fourth-order valence-corrected chi connectivity index (χ4v) is 0.659. The van der Waals surface area contributed by atoms with Crippen molar-refractivity contribution in [2.45, 2.75) is 12.4 Å². The second-order valence-corrected chi connectivity index (χ2v) is 2.09. The molecular formula is C7H13NO4. The average Bonchev–Trinajstić information content (AvgIpc) is 2.03. The van der Waals surface area contributed by atoms with E-state index in [2.05, 4.69) is 0 Å². The number of nitrogens with two attached hydrogens (primary N) is 1. The molecule has 0 heterocycles. The highest BCUT2D eigenvalue weighted by Gasteiger charge is 2.14. The molecule has 0 aliphatic carbocycles. The first-order valence-corrected chi connectivity index (χ1v) is 3.33. The van der Waals surface area contributed by atoms with Crippen molar-refractivity contribution < 1.29 is 19.4 Å². The van der Waals surface area contributed by atoms with E-state index >= 15 is 0 Å². The van der Waals surface area contributed by atoms with Gasteiger partial charge in [-0.15, -0.1) is 0 Å². The van der Waals surface area contributed by atoms with Gasteiger partial charge < -0.3 is 20.3 Å². The van der Waals surface area contributed by atoms with Crippen LogP contribution in [0.1, 0.15) is 0 Å². The van der Waals surface area contributed by atoms with E-state index in [4.69, 9.17) is 15.2 Å². The van der Waals surface area contributed by atoms with E-state index in [-0.39, 0.29) is 0 Å². The van der Waals surface area contributed by atoms with Crippen LogP contribution in [0, 0.1) is 0 Å². The minimum Gasteiger partial charge on any atom is -0.384 e. The van der Waals surface area contributed by atoms with Crippen molar-refractivity contribution in [2.24, 2.45) is 5.73 Å². The molecule has 0 rings (SSSR count). The molecule has 5 nitrogen and oxygen atoms in total. The summed E-state index contributed by atoms with van der Waals surface area (Å²) in [7, 11) is 2.77. The summed E-state index contributed by atoms with van der Waals surface area (Å²) in [4.78, 5) is 10.2. The SMILES string of the molecule is COC(OC)[C@@H](O)/C=C\C(N)=O. The number of primary amides is 1. The maximum absolute atomic E-state index is 10.2. The van der Waals surface area contributed by atoms with Crippen molar-refractivity contribution in [3.8, 4) is 0 Å². The van der Waals surface area contributed by atoms with Crippen LogP contribution in [0.2, 0.25) is 0 Å². The van der Waals surface area contributed by atoms with Crippen LogP contribution < -0.4 is 5.73 Å². The van der Waals surface area contributed by atoms with Gasteiger partial charge in [-0.1, -0.05) is 0 Å². The molecule has 5 heteroatoms. The molecular weight excluding hydrogens is 162 g/mol. The molecule has 0 aromatic heterocycles. The highest BCUT2D eigenvalue weighted by Crippen LogP contribution is 1.99. The van der Waals surface area contributed by atoms with Crippen molar-refractivity contribution in [1.82, 2.24) is 0 Å². The minimum atomic E-state index is -0.993. The molecule has 0 unspecified atom stereocenters. The number of amides is 1. The van der Waals surface area contributed by atoms with Crippen LogP contribution in [0.4, 0.5) is 0 Å². The quantitative estimate of drug-likeness (QED) is 0.415. The Morgan fingerprint density at radius 2 is 2.00 bits per heavy atom. The molecule has 0 spiro atoms. The van der Waals surface area contributed by atoms with E-state index in [9.17, 15) is 9.90 Å². The Kier molecular flexibility index (Phi) is 5.27. The van der Waals surface area contributed by atoms with E-state index in [0.29, 0.717) is 0 Å². The number of aliphatic hydroxyl groups excluding tert-OH is 1. The predicted octanol–water partition coefficient (Wildman–Crippen LogP) is -0.992. The lowest BCUT2D eigenvalue weighted by atomic mass is 10.3. The van der Waals surface area contributed by atoms with Crippen LogP contribution in [0.5, 0.6) is 0 Å². The number of methoxy groups -OCH3 is 2.